The van der Waals surface area contributed by atoms with Crippen LogP contribution >= 0.6 is 68.0 Å². The molecule has 436 valence electrons. The normalized spacial score (nSPS) is 16.1. The van der Waals surface area contributed by atoms with E-state index in [9.17, 15) is 38.7 Å². The zero-order chi connectivity index (χ0) is 60.1. The fourth-order valence-corrected chi connectivity index (χ4v) is 14.2. The molecule has 0 saturated heterocycles. The molecule has 4 atom stereocenters. The van der Waals surface area contributed by atoms with Crippen molar-refractivity contribution >= 4 is 115 Å². The number of thiazole rings is 6. The topological polar surface area (TPSA) is 321 Å². The van der Waals surface area contributed by atoms with Gasteiger partial charge in [-0.15, -0.1) is 68.0 Å². The van der Waals surface area contributed by atoms with E-state index in [4.69, 9.17) is 39.4 Å². The number of aliphatic hydroxyl groups is 1. The number of amides is 6. The number of pyridine rings is 1. The fourth-order valence-electron chi connectivity index (χ4n) is 8.71. The van der Waals surface area contributed by atoms with Gasteiger partial charge in [-0.05, 0) is 54.8 Å². The number of rotatable bonds is 11. The number of ether oxygens (including phenoxy) is 2. The number of aryl methyl sites for hydroxylation is 1. The average Bonchev–Trinajstić information content (AvgIpc) is 4.07. The molecule has 8 heterocycles. The number of hydrogen-bond donors (Lipinski definition) is 7. The summed E-state index contributed by atoms with van der Waals surface area (Å²) in [6, 6.07) is 15.4. The van der Waals surface area contributed by atoms with Crippen molar-refractivity contribution in [2.24, 2.45) is 5.92 Å². The lowest BCUT2D eigenvalue weighted by atomic mass is 10.0. The molecule has 0 aliphatic carbocycles. The molecule has 85 heavy (non-hydrogen) atoms. The van der Waals surface area contributed by atoms with E-state index >= 15 is 0 Å². The van der Waals surface area contributed by atoms with Crippen molar-refractivity contribution in [2.75, 3.05) is 33.1 Å². The lowest BCUT2D eigenvalue weighted by Crippen LogP contribution is -2.40. The van der Waals surface area contributed by atoms with Crippen molar-refractivity contribution in [3.05, 3.63) is 147 Å². The Morgan fingerprint density at radius 1 is 0.659 bits per heavy atom. The summed E-state index contributed by atoms with van der Waals surface area (Å²) >= 11 is 7.14. The molecule has 2 aromatic carbocycles. The Morgan fingerprint density at radius 2 is 1.35 bits per heavy atom. The SMILES string of the molecule is CNC(=O)C[C@@H]1NC(=O)c2csc(n2)-c2ccc(-c3nc(NC(=O)c4ccc(C(=O)OC)cc4)cs3)nc2-c2csc(n2)-c2csc(n2)[C@H]([C@@H](O)c2ccccc2)NC(=O)CNC(=O)c2nc(sc2COC)[C@H](C(C)C)NC(=O)c2nc1sc2C. The Kier molecular flexibility index (Phi) is 18.4. The highest BCUT2D eigenvalue weighted by Crippen LogP contribution is 2.40. The predicted molar refractivity (Wildman–Crippen MR) is 323 cm³/mol. The Hall–Kier alpha value is -8.42. The van der Waals surface area contributed by atoms with E-state index in [0.717, 1.165) is 11.3 Å². The van der Waals surface area contributed by atoms with Gasteiger partial charge in [0.2, 0.25) is 11.8 Å². The van der Waals surface area contributed by atoms with Crippen LogP contribution in [0.15, 0.2) is 88.3 Å². The molecule has 23 nitrogen and oxygen atoms in total. The fraction of sp³-hybridized carbons (Fsp3) is 0.250. The van der Waals surface area contributed by atoms with Crippen molar-refractivity contribution in [3.63, 3.8) is 0 Å². The number of hydrogen-bond acceptors (Lipinski definition) is 23. The largest absolute Gasteiger partial charge is 0.465 e. The number of aliphatic hydroxyl groups excluding tert-OH is 1. The van der Waals surface area contributed by atoms with Gasteiger partial charge < -0.3 is 46.5 Å². The van der Waals surface area contributed by atoms with Crippen molar-refractivity contribution in [2.45, 2.75) is 58.0 Å². The number of esters is 1. The zero-order valence-electron chi connectivity index (χ0n) is 45.9. The third kappa shape index (κ3) is 13.4. The van der Waals surface area contributed by atoms with Gasteiger partial charge in [-0.2, -0.15) is 0 Å². The van der Waals surface area contributed by atoms with Crippen LogP contribution in [0, 0.1) is 12.8 Å². The Balaban J connectivity index is 1.04. The standard InChI is InChI=1S/C56H51N13O10S6/c1-25(2)40-55-69-43(36(85-55)20-78-5)48(75)58-19-39(71)66-44(45(72)27-10-8-7-9-11-27)54-63-35(23-82-54)52-61-33(21-81-52)42-30(16-17-31(59-42)51-65-37(24-83-51)64-46(73)28-12-14-29(15-13-28)56(77)79-6)50-62-34(22-80-50)47(74)60-32(18-38(70)57-4)53-68-41(26(3)84-53)49(76)67-40/h7-17,21-25,32,40,44-45,72H,18-20H2,1-6H3,(H,57,70)(H,58,75)(H,60,74)(H,64,73)(H,66,71)(H,67,76)/t32-,40-,44-,45-/m0/s1. The van der Waals surface area contributed by atoms with Crippen LogP contribution in [0.5, 0.6) is 0 Å². The van der Waals surface area contributed by atoms with E-state index in [0.29, 0.717) is 68.7 Å². The van der Waals surface area contributed by atoms with E-state index in [1.54, 1.807) is 70.9 Å². The highest BCUT2D eigenvalue weighted by Gasteiger charge is 2.33. The van der Waals surface area contributed by atoms with Crippen molar-refractivity contribution in [3.8, 4) is 43.4 Å². The summed E-state index contributed by atoms with van der Waals surface area (Å²) in [4.78, 5) is 130. The van der Waals surface area contributed by atoms with Gasteiger partial charge in [0.05, 0.1) is 54.9 Å². The molecule has 0 fully saturated rings. The maximum Gasteiger partial charge on any atom is 0.337 e. The number of benzene rings is 2. The highest BCUT2D eigenvalue weighted by molar-refractivity contribution is 7.15. The van der Waals surface area contributed by atoms with Gasteiger partial charge in [-0.25, -0.2) is 39.7 Å². The summed E-state index contributed by atoms with van der Waals surface area (Å²) in [5.74, 6) is -3.91. The summed E-state index contributed by atoms with van der Waals surface area (Å²) in [5, 5.41) is 37.9. The van der Waals surface area contributed by atoms with E-state index < -0.39 is 72.2 Å². The monoisotopic (exact) mass is 1260 g/mol. The van der Waals surface area contributed by atoms with Crippen LogP contribution < -0.4 is 31.9 Å². The van der Waals surface area contributed by atoms with Crippen molar-refractivity contribution in [1.82, 2.24) is 61.5 Å². The summed E-state index contributed by atoms with van der Waals surface area (Å²) < 4.78 is 10.2. The smallest absolute Gasteiger partial charge is 0.337 e. The number of fused-ring (bicyclic) bond motifs is 14. The molecule has 0 radical (unpaired) electrons. The number of carbonyl (C=O) groups is 7. The minimum atomic E-state index is -1.28. The second-order valence-electron chi connectivity index (χ2n) is 19.2. The molecule has 9 aromatic rings. The Labute approximate surface area is 508 Å². The number of nitrogens with one attached hydrogen (secondary N) is 6. The van der Waals surface area contributed by atoms with Gasteiger partial charge in [0.1, 0.15) is 82.2 Å². The van der Waals surface area contributed by atoms with E-state index in [1.807, 2.05) is 13.8 Å². The first-order valence-corrected chi connectivity index (χ1v) is 31.1. The summed E-state index contributed by atoms with van der Waals surface area (Å²) in [5.41, 5.74) is 3.20. The summed E-state index contributed by atoms with van der Waals surface area (Å²) in [7, 11) is 4.21. The van der Waals surface area contributed by atoms with Crippen LogP contribution in [0.25, 0.3) is 43.4 Å². The molecule has 0 spiro atoms. The molecule has 1 aliphatic heterocycles. The molecule has 0 unspecified atom stereocenters. The molecule has 1 aliphatic rings. The maximum atomic E-state index is 14.3. The number of nitrogens with zero attached hydrogens (tertiary/aromatic N) is 7. The molecule has 6 amide bonds. The lowest BCUT2D eigenvalue weighted by Gasteiger charge is -2.23. The van der Waals surface area contributed by atoms with E-state index in [2.05, 4.69) is 36.9 Å². The summed E-state index contributed by atoms with van der Waals surface area (Å²) in [6.07, 6.45) is -1.51. The quantitative estimate of drug-likeness (QED) is 0.0598. The molecule has 7 aromatic heterocycles. The van der Waals surface area contributed by atoms with Crippen LogP contribution in [0.4, 0.5) is 5.82 Å². The molecule has 7 N–H and O–H groups in total. The van der Waals surface area contributed by atoms with Crippen LogP contribution in [0.2, 0.25) is 0 Å². The third-order valence-electron chi connectivity index (χ3n) is 13.1. The van der Waals surface area contributed by atoms with Gasteiger partial charge in [0.15, 0.2) is 0 Å². The van der Waals surface area contributed by atoms with Gasteiger partial charge in [-0.1, -0.05) is 44.2 Å². The molecule has 10 bridgehead atoms. The highest BCUT2D eigenvalue weighted by atomic mass is 32.1. The van der Waals surface area contributed by atoms with Crippen molar-refractivity contribution in [1.29, 1.82) is 0 Å². The Morgan fingerprint density at radius 3 is 2.09 bits per heavy atom. The van der Waals surface area contributed by atoms with Gasteiger partial charge in [0, 0.05) is 51.7 Å². The molecule has 10 rings (SSSR count). The second-order valence-corrected chi connectivity index (χ2v) is 25.0. The van der Waals surface area contributed by atoms with Gasteiger partial charge >= 0.3 is 5.97 Å². The third-order valence-corrected chi connectivity index (χ3v) is 18.8. The van der Waals surface area contributed by atoms with Crippen LogP contribution in [0.1, 0.15) is 127 Å². The maximum absolute atomic E-state index is 14.3. The first-order chi connectivity index (χ1) is 41.0. The minimum Gasteiger partial charge on any atom is -0.465 e. The van der Waals surface area contributed by atoms with Gasteiger partial charge in [-0.3, -0.25) is 28.8 Å². The molecular formula is C56H51N13O10S6. The molecule has 29 heteroatoms. The number of anilines is 1. The van der Waals surface area contributed by atoms with Crippen LogP contribution in [0.3, 0.4) is 0 Å². The van der Waals surface area contributed by atoms with Crippen LogP contribution in [-0.2, 0) is 25.7 Å². The predicted octanol–water partition coefficient (Wildman–Crippen LogP) is 8.35. The Bertz CT molecular complexity index is 3980. The van der Waals surface area contributed by atoms with Crippen molar-refractivity contribution < 1.29 is 48.1 Å². The lowest BCUT2D eigenvalue weighted by molar-refractivity contribution is -0.122. The molecular weight excluding hydrogens is 1210 g/mol. The van der Waals surface area contributed by atoms with Crippen LogP contribution in [-0.4, -0.2) is 109 Å². The first-order valence-electron chi connectivity index (χ1n) is 25.9. The number of carbonyl (C=O) groups excluding carboxylic acids is 7. The minimum absolute atomic E-state index is 0.00105. The average molecular weight is 1260 g/mol. The number of aromatic nitrogens is 7. The summed E-state index contributed by atoms with van der Waals surface area (Å²) in [6.45, 7) is 4.95. The van der Waals surface area contributed by atoms with E-state index in [1.165, 1.54) is 102 Å². The molecule has 0 saturated carbocycles. The zero-order valence-corrected chi connectivity index (χ0v) is 50.8. The second kappa shape index (κ2) is 26.2. The van der Waals surface area contributed by atoms with E-state index in [-0.39, 0.29) is 58.0 Å². The van der Waals surface area contributed by atoms with Gasteiger partial charge in [0.25, 0.3) is 23.6 Å². The number of methoxy groups -OCH3 is 2. The first kappa shape index (κ1) is 59.7.